The number of nitrogens with zero attached hydrogens (tertiary/aromatic N) is 6. The van der Waals surface area contributed by atoms with Crippen LogP contribution in [0.25, 0.3) is 5.82 Å². The molecule has 1 aliphatic heterocycles. The van der Waals surface area contributed by atoms with E-state index in [1.165, 1.54) is 25.7 Å². The van der Waals surface area contributed by atoms with Crippen LogP contribution in [-0.4, -0.2) is 56.5 Å². The summed E-state index contributed by atoms with van der Waals surface area (Å²) in [4.78, 5) is 29.8. The predicted molar refractivity (Wildman–Crippen MR) is 99.3 cm³/mol. The van der Waals surface area contributed by atoms with Crippen molar-refractivity contribution in [3.05, 3.63) is 30.6 Å². The van der Waals surface area contributed by atoms with Crippen molar-refractivity contribution >= 4 is 11.7 Å². The van der Waals surface area contributed by atoms with Crippen LogP contribution in [0.2, 0.25) is 0 Å². The minimum absolute atomic E-state index is 0.328. The number of hydrogen-bond donors (Lipinski definition) is 0. The molecule has 138 valence electrons. The normalized spacial score (nSPS) is 18.5. The highest BCUT2D eigenvalue weighted by Crippen LogP contribution is 2.28. The predicted octanol–water partition coefficient (Wildman–Crippen LogP) is 2.20. The van der Waals surface area contributed by atoms with Crippen molar-refractivity contribution in [2.75, 3.05) is 31.1 Å². The molecule has 7 heteroatoms. The van der Waals surface area contributed by atoms with Crippen molar-refractivity contribution in [2.45, 2.75) is 39.0 Å². The second-order valence-corrected chi connectivity index (χ2v) is 7.30. The lowest BCUT2D eigenvalue weighted by molar-refractivity contribution is -0.132. The number of aryl methyl sites for hydroxylation is 1. The SMILES string of the molecule is Cc1nccn1-c1cc(N2CCN(C(=O)CC3CCCC3)CC2)ncn1. The maximum atomic E-state index is 12.5. The molecule has 0 spiro atoms. The second kappa shape index (κ2) is 7.43. The van der Waals surface area contributed by atoms with Gasteiger partial charge in [-0.2, -0.15) is 0 Å². The van der Waals surface area contributed by atoms with Crippen molar-refractivity contribution in [2.24, 2.45) is 5.92 Å². The Morgan fingerprint density at radius 3 is 2.50 bits per heavy atom. The van der Waals surface area contributed by atoms with Crippen LogP contribution in [0.15, 0.2) is 24.8 Å². The van der Waals surface area contributed by atoms with Crippen LogP contribution in [0.3, 0.4) is 0 Å². The van der Waals surface area contributed by atoms with Gasteiger partial charge in [0.2, 0.25) is 5.91 Å². The zero-order valence-electron chi connectivity index (χ0n) is 15.3. The van der Waals surface area contributed by atoms with Crippen molar-refractivity contribution in [3.63, 3.8) is 0 Å². The first-order valence-electron chi connectivity index (χ1n) is 9.56. The van der Waals surface area contributed by atoms with Crippen LogP contribution in [0.4, 0.5) is 5.82 Å². The van der Waals surface area contributed by atoms with Gasteiger partial charge in [-0.05, 0) is 25.7 Å². The molecular formula is C19H26N6O. The molecule has 4 rings (SSSR count). The van der Waals surface area contributed by atoms with E-state index >= 15 is 0 Å². The minimum Gasteiger partial charge on any atom is -0.353 e. The van der Waals surface area contributed by atoms with E-state index < -0.39 is 0 Å². The molecule has 2 fully saturated rings. The monoisotopic (exact) mass is 354 g/mol. The summed E-state index contributed by atoms with van der Waals surface area (Å²) in [5.41, 5.74) is 0. The maximum absolute atomic E-state index is 12.5. The molecule has 1 amide bonds. The number of rotatable bonds is 4. The molecule has 2 aromatic heterocycles. The summed E-state index contributed by atoms with van der Waals surface area (Å²) >= 11 is 0. The first-order valence-corrected chi connectivity index (χ1v) is 9.56. The summed E-state index contributed by atoms with van der Waals surface area (Å²) in [6.07, 6.45) is 11.0. The summed E-state index contributed by atoms with van der Waals surface area (Å²) in [7, 11) is 0. The molecule has 2 aromatic rings. The number of hydrogen-bond acceptors (Lipinski definition) is 5. The molecule has 1 saturated carbocycles. The zero-order chi connectivity index (χ0) is 17.9. The molecule has 26 heavy (non-hydrogen) atoms. The minimum atomic E-state index is 0.328. The van der Waals surface area contributed by atoms with Gasteiger partial charge in [0.25, 0.3) is 0 Å². The topological polar surface area (TPSA) is 67.2 Å². The van der Waals surface area contributed by atoms with Crippen molar-refractivity contribution in [3.8, 4) is 5.82 Å². The van der Waals surface area contributed by atoms with Crippen molar-refractivity contribution < 1.29 is 4.79 Å². The molecule has 7 nitrogen and oxygen atoms in total. The number of piperazine rings is 1. The molecule has 0 atom stereocenters. The first kappa shape index (κ1) is 17.0. The standard InChI is InChI=1S/C19H26N6O/c1-15-20-6-7-25(15)18-13-17(21-14-22-18)23-8-10-24(11-9-23)19(26)12-16-4-2-3-5-16/h6-7,13-14,16H,2-5,8-12H2,1H3. The lowest BCUT2D eigenvalue weighted by Crippen LogP contribution is -2.49. The first-order chi connectivity index (χ1) is 12.7. The van der Waals surface area contributed by atoms with Gasteiger partial charge in [-0.1, -0.05) is 12.8 Å². The highest BCUT2D eigenvalue weighted by molar-refractivity contribution is 5.76. The molecule has 0 bridgehead atoms. The largest absolute Gasteiger partial charge is 0.353 e. The fourth-order valence-electron chi connectivity index (χ4n) is 4.04. The third kappa shape index (κ3) is 3.57. The summed E-state index contributed by atoms with van der Waals surface area (Å²) < 4.78 is 1.95. The van der Waals surface area contributed by atoms with Crippen LogP contribution < -0.4 is 4.90 Å². The number of aromatic nitrogens is 4. The highest BCUT2D eigenvalue weighted by Gasteiger charge is 2.25. The maximum Gasteiger partial charge on any atom is 0.222 e. The van der Waals surface area contributed by atoms with Crippen LogP contribution in [0.5, 0.6) is 0 Å². The summed E-state index contributed by atoms with van der Waals surface area (Å²) in [6.45, 7) is 5.13. The second-order valence-electron chi connectivity index (χ2n) is 7.30. The summed E-state index contributed by atoms with van der Waals surface area (Å²) in [5, 5.41) is 0. The highest BCUT2D eigenvalue weighted by atomic mass is 16.2. The smallest absolute Gasteiger partial charge is 0.222 e. The van der Waals surface area contributed by atoms with Gasteiger partial charge in [-0.25, -0.2) is 15.0 Å². The average Bonchev–Trinajstić information content (AvgIpc) is 3.33. The quantitative estimate of drug-likeness (QED) is 0.842. The van der Waals surface area contributed by atoms with Gasteiger partial charge in [-0.15, -0.1) is 0 Å². The average molecular weight is 354 g/mol. The Kier molecular flexibility index (Phi) is 4.86. The van der Waals surface area contributed by atoms with Gasteiger partial charge >= 0.3 is 0 Å². The van der Waals surface area contributed by atoms with Gasteiger partial charge in [-0.3, -0.25) is 9.36 Å². The van der Waals surface area contributed by atoms with Gasteiger partial charge in [0, 0.05) is 51.1 Å². The zero-order valence-corrected chi connectivity index (χ0v) is 15.3. The van der Waals surface area contributed by atoms with Gasteiger partial charge < -0.3 is 9.80 Å². The number of carbonyl (C=O) groups excluding carboxylic acids is 1. The fraction of sp³-hybridized carbons (Fsp3) is 0.579. The number of amides is 1. The van der Waals surface area contributed by atoms with E-state index in [1.807, 2.05) is 28.7 Å². The van der Waals surface area contributed by atoms with E-state index in [4.69, 9.17) is 0 Å². The van der Waals surface area contributed by atoms with E-state index in [0.717, 1.165) is 50.1 Å². The third-order valence-electron chi connectivity index (χ3n) is 5.61. The van der Waals surface area contributed by atoms with E-state index in [1.54, 1.807) is 12.5 Å². The molecule has 1 saturated heterocycles. The molecule has 0 aromatic carbocycles. The van der Waals surface area contributed by atoms with Gasteiger partial charge in [0.05, 0.1) is 0 Å². The van der Waals surface area contributed by atoms with E-state index in [-0.39, 0.29) is 0 Å². The lowest BCUT2D eigenvalue weighted by atomic mass is 10.0. The molecule has 3 heterocycles. The Morgan fingerprint density at radius 2 is 1.81 bits per heavy atom. The van der Waals surface area contributed by atoms with Crippen LogP contribution >= 0.6 is 0 Å². The Labute approximate surface area is 154 Å². The lowest BCUT2D eigenvalue weighted by Gasteiger charge is -2.36. The van der Waals surface area contributed by atoms with Crippen molar-refractivity contribution in [1.29, 1.82) is 0 Å². The number of carbonyl (C=O) groups is 1. The van der Waals surface area contributed by atoms with Crippen LogP contribution in [0.1, 0.15) is 37.9 Å². The van der Waals surface area contributed by atoms with Gasteiger partial charge in [0.15, 0.2) is 0 Å². The van der Waals surface area contributed by atoms with E-state index in [9.17, 15) is 4.79 Å². The van der Waals surface area contributed by atoms with E-state index in [0.29, 0.717) is 11.8 Å². The molecule has 0 N–H and O–H groups in total. The Morgan fingerprint density at radius 1 is 1.08 bits per heavy atom. The number of imidazole rings is 1. The van der Waals surface area contributed by atoms with Crippen LogP contribution in [0, 0.1) is 12.8 Å². The molecule has 2 aliphatic rings. The van der Waals surface area contributed by atoms with Gasteiger partial charge in [0.1, 0.15) is 23.8 Å². The molecular weight excluding hydrogens is 328 g/mol. The molecule has 1 aliphatic carbocycles. The summed E-state index contributed by atoms with van der Waals surface area (Å²) in [6, 6.07) is 1.99. The molecule has 0 radical (unpaired) electrons. The van der Waals surface area contributed by atoms with E-state index in [2.05, 4.69) is 19.9 Å². The van der Waals surface area contributed by atoms with Crippen molar-refractivity contribution in [1.82, 2.24) is 24.4 Å². The Hall–Kier alpha value is -2.44. The Bertz CT molecular complexity index is 759. The third-order valence-corrected chi connectivity index (χ3v) is 5.61. The number of anilines is 1. The molecule has 0 unspecified atom stereocenters. The fourth-order valence-corrected chi connectivity index (χ4v) is 4.04. The summed E-state index contributed by atoms with van der Waals surface area (Å²) in [5.74, 6) is 3.57. The van der Waals surface area contributed by atoms with Crippen LogP contribution in [-0.2, 0) is 4.79 Å². The Balaban J connectivity index is 1.37.